The lowest BCUT2D eigenvalue weighted by molar-refractivity contribution is -0.145. The van der Waals surface area contributed by atoms with Crippen molar-refractivity contribution in [2.24, 2.45) is 0 Å². The molecule has 2 heterocycles. The minimum atomic E-state index is -1.06. The fourth-order valence-electron chi connectivity index (χ4n) is 1.72. The van der Waals surface area contributed by atoms with E-state index in [-0.39, 0.29) is 10.2 Å². The average Bonchev–Trinajstić information content (AvgIpc) is 2.94. The van der Waals surface area contributed by atoms with Gasteiger partial charge in [0.15, 0.2) is 0 Å². The number of amides is 1. The van der Waals surface area contributed by atoms with Crippen molar-refractivity contribution in [3.8, 4) is 0 Å². The van der Waals surface area contributed by atoms with E-state index in [1.54, 1.807) is 25.1 Å². The van der Waals surface area contributed by atoms with Crippen molar-refractivity contribution < 1.29 is 19.1 Å². The molecule has 1 aromatic heterocycles. The zero-order valence-corrected chi connectivity index (χ0v) is 11.7. The van der Waals surface area contributed by atoms with Crippen molar-refractivity contribution in [1.29, 1.82) is 0 Å². The molecule has 1 N–H and O–H groups in total. The number of nitrogens with zero attached hydrogens (tertiary/aromatic N) is 1. The number of furan rings is 1. The summed E-state index contributed by atoms with van der Waals surface area (Å²) in [6.07, 6.45) is 3.36. The number of rotatable bonds is 4. The molecule has 0 radical (unpaired) electrons. The van der Waals surface area contributed by atoms with E-state index >= 15 is 0 Å². The Hall–Kier alpha value is -1.60. The normalized spacial score (nSPS) is 19.2. The van der Waals surface area contributed by atoms with E-state index < -0.39 is 12.0 Å². The van der Waals surface area contributed by atoms with Crippen LogP contribution in [0.15, 0.2) is 27.7 Å². The van der Waals surface area contributed by atoms with E-state index in [1.807, 2.05) is 0 Å². The molecule has 0 bridgehead atoms. The van der Waals surface area contributed by atoms with Crippen LogP contribution in [0.2, 0.25) is 0 Å². The Morgan fingerprint density at radius 2 is 2.42 bits per heavy atom. The smallest absolute Gasteiger partial charge is 0.326 e. The lowest BCUT2D eigenvalue weighted by Gasteiger charge is -2.21. The highest BCUT2D eigenvalue weighted by atomic mass is 32.2. The summed E-state index contributed by atoms with van der Waals surface area (Å²) in [6.45, 7) is 1.70. The number of carbonyl (C=O) groups excluding carboxylic acids is 1. The van der Waals surface area contributed by atoms with Crippen molar-refractivity contribution in [1.82, 2.24) is 4.90 Å². The molecule has 100 valence electrons. The van der Waals surface area contributed by atoms with Gasteiger partial charge in [-0.25, -0.2) is 4.79 Å². The molecule has 5 nitrogen and oxygen atoms in total. The molecular formula is C12H11NO4S2. The highest BCUT2D eigenvalue weighted by molar-refractivity contribution is 8.26. The maximum Gasteiger partial charge on any atom is 0.326 e. The molecule has 0 aliphatic carbocycles. The van der Waals surface area contributed by atoms with Crippen LogP contribution in [0, 0.1) is 0 Å². The van der Waals surface area contributed by atoms with Gasteiger partial charge in [0.1, 0.15) is 16.1 Å². The fourth-order valence-corrected chi connectivity index (χ4v) is 3.06. The molecule has 0 spiro atoms. The minimum Gasteiger partial charge on any atom is -0.480 e. The second-order valence-corrected chi connectivity index (χ2v) is 5.51. The SMILES string of the molecule is CC[C@@H](C(=O)O)N1C(=O)/C(=C/c2ccco2)SC1=S. The van der Waals surface area contributed by atoms with Crippen LogP contribution in [-0.2, 0) is 9.59 Å². The second kappa shape index (κ2) is 5.58. The van der Waals surface area contributed by atoms with E-state index in [1.165, 1.54) is 6.26 Å². The first-order valence-corrected chi connectivity index (χ1v) is 6.80. The maximum atomic E-state index is 12.2. The molecule has 1 fully saturated rings. The topological polar surface area (TPSA) is 70.8 Å². The van der Waals surface area contributed by atoms with Gasteiger partial charge in [0, 0.05) is 6.08 Å². The quantitative estimate of drug-likeness (QED) is 0.679. The van der Waals surface area contributed by atoms with Gasteiger partial charge in [-0.3, -0.25) is 9.69 Å². The number of aliphatic carboxylic acids is 1. The van der Waals surface area contributed by atoms with Crippen LogP contribution < -0.4 is 0 Å². The number of thiocarbonyl (C=S) groups is 1. The molecule has 0 aromatic carbocycles. The number of carboxylic acid groups (broad SMARTS) is 1. The predicted molar refractivity (Wildman–Crippen MR) is 75.4 cm³/mol. The van der Waals surface area contributed by atoms with Crippen molar-refractivity contribution in [2.75, 3.05) is 0 Å². The largest absolute Gasteiger partial charge is 0.480 e. The van der Waals surface area contributed by atoms with Crippen molar-refractivity contribution in [3.63, 3.8) is 0 Å². The Morgan fingerprint density at radius 1 is 1.68 bits per heavy atom. The molecule has 0 saturated carbocycles. The van der Waals surface area contributed by atoms with Gasteiger partial charge in [-0.05, 0) is 18.6 Å². The van der Waals surface area contributed by atoms with Gasteiger partial charge < -0.3 is 9.52 Å². The van der Waals surface area contributed by atoms with Gasteiger partial charge in [0.05, 0.1) is 11.2 Å². The first-order valence-electron chi connectivity index (χ1n) is 5.58. The van der Waals surface area contributed by atoms with Crippen LogP contribution in [0.5, 0.6) is 0 Å². The minimum absolute atomic E-state index is 0.261. The van der Waals surface area contributed by atoms with Crippen molar-refractivity contribution >= 4 is 46.3 Å². The summed E-state index contributed by atoms with van der Waals surface area (Å²) in [5.74, 6) is -0.914. The number of carboxylic acids is 1. The van der Waals surface area contributed by atoms with Gasteiger partial charge in [0.25, 0.3) is 5.91 Å². The number of hydrogen-bond donors (Lipinski definition) is 1. The third kappa shape index (κ3) is 2.71. The number of thioether (sulfide) groups is 1. The molecule has 2 rings (SSSR count). The predicted octanol–water partition coefficient (Wildman–Crippen LogP) is 2.34. The molecule has 1 aliphatic rings. The zero-order chi connectivity index (χ0) is 14.0. The van der Waals surface area contributed by atoms with E-state index in [9.17, 15) is 9.59 Å². The molecule has 1 amide bonds. The summed E-state index contributed by atoms with van der Waals surface area (Å²) in [5.41, 5.74) is 0. The number of carbonyl (C=O) groups is 2. The van der Waals surface area contributed by atoms with Crippen LogP contribution in [0.25, 0.3) is 6.08 Å². The maximum absolute atomic E-state index is 12.2. The summed E-state index contributed by atoms with van der Waals surface area (Å²) >= 11 is 6.17. The second-order valence-electron chi connectivity index (χ2n) is 3.83. The van der Waals surface area contributed by atoms with Crippen LogP contribution in [0.4, 0.5) is 0 Å². The van der Waals surface area contributed by atoms with E-state index in [0.29, 0.717) is 17.1 Å². The first kappa shape index (κ1) is 13.8. The third-order valence-corrected chi connectivity index (χ3v) is 3.95. The highest BCUT2D eigenvalue weighted by Gasteiger charge is 2.39. The summed E-state index contributed by atoms with van der Waals surface area (Å²) in [5, 5.41) is 9.11. The molecule has 1 aromatic rings. The molecule has 7 heteroatoms. The summed E-state index contributed by atoms with van der Waals surface area (Å²) < 4.78 is 5.39. The standard InChI is InChI=1S/C12H11NO4S2/c1-2-8(11(15)16)13-10(14)9(19-12(13)18)6-7-4-3-5-17-7/h3-6,8H,2H2,1H3,(H,15,16)/b9-6-/t8-/m0/s1. The highest BCUT2D eigenvalue weighted by Crippen LogP contribution is 2.34. The van der Waals surface area contributed by atoms with E-state index in [2.05, 4.69) is 0 Å². The molecule has 1 saturated heterocycles. The molecular weight excluding hydrogens is 286 g/mol. The summed E-state index contributed by atoms with van der Waals surface area (Å²) in [7, 11) is 0. The summed E-state index contributed by atoms with van der Waals surface area (Å²) in [6, 6.07) is 2.50. The van der Waals surface area contributed by atoms with Crippen molar-refractivity contribution in [3.05, 3.63) is 29.1 Å². The first-order chi connectivity index (χ1) is 9.04. The van der Waals surface area contributed by atoms with Crippen molar-refractivity contribution in [2.45, 2.75) is 19.4 Å². The summed E-state index contributed by atoms with van der Waals surface area (Å²) in [4.78, 5) is 24.8. The van der Waals surface area contributed by atoms with E-state index in [0.717, 1.165) is 16.7 Å². The van der Waals surface area contributed by atoms with Gasteiger partial charge in [-0.1, -0.05) is 30.9 Å². The van der Waals surface area contributed by atoms with Crippen LogP contribution in [0.3, 0.4) is 0 Å². The average molecular weight is 297 g/mol. The molecule has 19 heavy (non-hydrogen) atoms. The zero-order valence-electron chi connectivity index (χ0n) is 10.0. The fraction of sp³-hybridized carbons (Fsp3) is 0.250. The van der Waals surface area contributed by atoms with Gasteiger partial charge in [0.2, 0.25) is 0 Å². The lowest BCUT2D eigenvalue weighted by atomic mass is 10.2. The Bertz CT molecular complexity index is 550. The van der Waals surface area contributed by atoms with Gasteiger partial charge >= 0.3 is 5.97 Å². The van der Waals surface area contributed by atoms with Gasteiger partial charge in [-0.15, -0.1) is 0 Å². The van der Waals surface area contributed by atoms with Gasteiger partial charge in [-0.2, -0.15) is 0 Å². The Morgan fingerprint density at radius 3 is 2.95 bits per heavy atom. The van der Waals surface area contributed by atoms with E-state index in [4.69, 9.17) is 21.7 Å². The Kier molecular flexibility index (Phi) is 4.06. The monoisotopic (exact) mass is 297 g/mol. The molecule has 0 unspecified atom stereocenters. The lowest BCUT2D eigenvalue weighted by Crippen LogP contribution is -2.43. The van der Waals surface area contributed by atoms with Crippen LogP contribution >= 0.6 is 24.0 Å². The molecule has 1 atom stereocenters. The molecule has 1 aliphatic heterocycles. The Labute approximate surface area is 119 Å². The van der Waals surface area contributed by atoms with Crippen LogP contribution in [-0.4, -0.2) is 32.2 Å². The number of hydrogen-bond acceptors (Lipinski definition) is 5. The third-order valence-electron chi connectivity index (χ3n) is 2.62. The van der Waals surface area contributed by atoms with Crippen LogP contribution in [0.1, 0.15) is 19.1 Å². The Balaban J connectivity index is 2.28.